The lowest BCUT2D eigenvalue weighted by Gasteiger charge is -1.94. The number of benzene rings is 1. The number of nitrogens with zero attached hydrogens (tertiary/aromatic N) is 1. The lowest BCUT2D eigenvalue weighted by atomic mass is 10.2. The summed E-state index contributed by atoms with van der Waals surface area (Å²) in [6.45, 7) is 1.66. The lowest BCUT2D eigenvalue weighted by molar-refractivity contribution is -0.130. The predicted molar refractivity (Wildman–Crippen MR) is 66.3 cm³/mol. The molecule has 2 rings (SSSR count). The van der Waals surface area contributed by atoms with Crippen molar-refractivity contribution in [3.8, 4) is 0 Å². The van der Waals surface area contributed by atoms with Crippen LogP contribution in [0, 0.1) is 3.57 Å². The highest BCUT2D eigenvalue weighted by atomic mass is 127. The standard InChI is InChI=1S/C11H8INO2/c1-7-13-10(11(14)15-7)6-8-3-2-4-9(12)5-8/h2-6H,1H3/b10-6+. The molecule has 0 fully saturated rings. The van der Waals surface area contributed by atoms with Gasteiger partial charge in [-0.05, 0) is 46.4 Å². The van der Waals surface area contributed by atoms with Crippen molar-refractivity contribution in [2.45, 2.75) is 6.92 Å². The first-order valence-corrected chi connectivity index (χ1v) is 5.48. The van der Waals surface area contributed by atoms with Crippen LogP contribution in [-0.4, -0.2) is 11.9 Å². The van der Waals surface area contributed by atoms with Crippen molar-refractivity contribution < 1.29 is 9.53 Å². The number of cyclic esters (lactones) is 1. The molecule has 0 bridgehead atoms. The number of hydrogen-bond acceptors (Lipinski definition) is 3. The molecule has 0 spiro atoms. The number of ether oxygens (including phenoxy) is 1. The highest BCUT2D eigenvalue weighted by molar-refractivity contribution is 14.1. The van der Waals surface area contributed by atoms with Gasteiger partial charge in [0.1, 0.15) is 0 Å². The SMILES string of the molecule is CC1=N/C(=C/c2cccc(I)c2)C(=O)O1. The highest BCUT2D eigenvalue weighted by Crippen LogP contribution is 2.16. The number of halogens is 1. The van der Waals surface area contributed by atoms with Crippen molar-refractivity contribution in [1.29, 1.82) is 0 Å². The van der Waals surface area contributed by atoms with E-state index in [1.165, 1.54) is 0 Å². The average Bonchev–Trinajstić information content (AvgIpc) is 2.45. The Morgan fingerprint density at radius 2 is 2.27 bits per heavy atom. The van der Waals surface area contributed by atoms with E-state index in [9.17, 15) is 4.79 Å². The third-order valence-corrected chi connectivity index (χ3v) is 2.55. The third-order valence-electron chi connectivity index (χ3n) is 1.88. The number of carbonyl (C=O) groups is 1. The second-order valence-corrected chi connectivity index (χ2v) is 4.35. The minimum Gasteiger partial charge on any atom is -0.407 e. The van der Waals surface area contributed by atoms with Crippen molar-refractivity contribution in [1.82, 2.24) is 0 Å². The van der Waals surface area contributed by atoms with Gasteiger partial charge >= 0.3 is 5.97 Å². The summed E-state index contributed by atoms with van der Waals surface area (Å²) in [5, 5.41) is 0. The zero-order valence-corrected chi connectivity index (χ0v) is 10.2. The Morgan fingerprint density at radius 3 is 2.87 bits per heavy atom. The molecule has 1 aromatic carbocycles. The van der Waals surface area contributed by atoms with Gasteiger partial charge in [0.25, 0.3) is 0 Å². The fraction of sp³-hybridized carbons (Fsp3) is 0.0909. The van der Waals surface area contributed by atoms with Gasteiger partial charge in [0.2, 0.25) is 0 Å². The van der Waals surface area contributed by atoms with Crippen LogP contribution < -0.4 is 0 Å². The Balaban J connectivity index is 2.35. The minimum absolute atomic E-state index is 0.356. The van der Waals surface area contributed by atoms with Crippen LogP contribution in [0.3, 0.4) is 0 Å². The van der Waals surface area contributed by atoms with Gasteiger partial charge in [0.05, 0.1) is 0 Å². The van der Waals surface area contributed by atoms with Crippen LogP contribution in [0.5, 0.6) is 0 Å². The first kappa shape index (κ1) is 10.4. The van der Waals surface area contributed by atoms with Gasteiger partial charge in [-0.2, -0.15) is 0 Å². The van der Waals surface area contributed by atoms with Gasteiger partial charge in [0, 0.05) is 10.5 Å². The quantitative estimate of drug-likeness (QED) is 0.454. The van der Waals surface area contributed by atoms with Gasteiger partial charge < -0.3 is 4.74 Å². The van der Waals surface area contributed by atoms with E-state index in [0.29, 0.717) is 11.6 Å². The average molecular weight is 313 g/mol. The second-order valence-electron chi connectivity index (χ2n) is 3.10. The summed E-state index contributed by atoms with van der Waals surface area (Å²) in [6.07, 6.45) is 1.72. The summed E-state index contributed by atoms with van der Waals surface area (Å²) in [6, 6.07) is 7.82. The van der Waals surface area contributed by atoms with E-state index >= 15 is 0 Å². The Hall–Kier alpha value is -1.17. The zero-order valence-electron chi connectivity index (χ0n) is 8.03. The number of carbonyl (C=O) groups excluding carboxylic acids is 1. The summed E-state index contributed by atoms with van der Waals surface area (Å²) in [5.74, 6) is 0.0169. The van der Waals surface area contributed by atoms with Crippen molar-refractivity contribution in [2.75, 3.05) is 0 Å². The second kappa shape index (κ2) is 4.14. The fourth-order valence-electron chi connectivity index (χ4n) is 1.27. The lowest BCUT2D eigenvalue weighted by Crippen LogP contribution is -1.99. The Labute approximate surface area is 101 Å². The van der Waals surface area contributed by atoms with Gasteiger partial charge in [0.15, 0.2) is 11.6 Å². The molecule has 0 radical (unpaired) electrons. The molecule has 1 heterocycles. The van der Waals surface area contributed by atoms with Gasteiger partial charge in [-0.1, -0.05) is 12.1 Å². The van der Waals surface area contributed by atoms with E-state index < -0.39 is 0 Å². The van der Waals surface area contributed by atoms with Crippen LogP contribution in [0.25, 0.3) is 6.08 Å². The molecule has 0 aliphatic carbocycles. The van der Waals surface area contributed by atoms with Gasteiger partial charge in [-0.25, -0.2) is 9.79 Å². The Bertz CT molecular complexity index is 477. The largest absolute Gasteiger partial charge is 0.407 e. The maximum atomic E-state index is 11.3. The van der Waals surface area contributed by atoms with Crippen molar-refractivity contribution in [3.05, 3.63) is 39.1 Å². The molecule has 3 nitrogen and oxygen atoms in total. The van der Waals surface area contributed by atoms with Crippen molar-refractivity contribution in [2.24, 2.45) is 4.99 Å². The highest BCUT2D eigenvalue weighted by Gasteiger charge is 2.19. The van der Waals surface area contributed by atoms with Crippen molar-refractivity contribution in [3.63, 3.8) is 0 Å². The smallest absolute Gasteiger partial charge is 0.363 e. The van der Waals surface area contributed by atoms with E-state index in [4.69, 9.17) is 4.74 Å². The molecule has 1 aliphatic heterocycles. The summed E-state index contributed by atoms with van der Waals surface area (Å²) in [4.78, 5) is 15.3. The van der Waals surface area contributed by atoms with Gasteiger partial charge in [-0.3, -0.25) is 0 Å². The topological polar surface area (TPSA) is 38.7 Å². The van der Waals surface area contributed by atoms with E-state index in [2.05, 4.69) is 27.6 Å². The van der Waals surface area contributed by atoms with Crippen LogP contribution in [0.4, 0.5) is 0 Å². The number of aliphatic imine (C=N–C) groups is 1. The Morgan fingerprint density at radius 1 is 1.47 bits per heavy atom. The zero-order chi connectivity index (χ0) is 10.8. The van der Waals surface area contributed by atoms with Crippen LogP contribution >= 0.6 is 22.6 Å². The van der Waals surface area contributed by atoms with E-state index in [-0.39, 0.29) is 5.97 Å². The summed E-state index contributed by atoms with van der Waals surface area (Å²) in [5.41, 5.74) is 1.31. The monoisotopic (exact) mass is 313 g/mol. The van der Waals surface area contributed by atoms with E-state index in [1.807, 2.05) is 24.3 Å². The van der Waals surface area contributed by atoms with Gasteiger partial charge in [-0.15, -0.1) is 0 Å². The molecule has 76 valence electrons. The van der Waals surface area contributed by atoms with Crippen LogP contribution in [0.15, 0.2) is 35.0 Å². The van der Waals surface area contributed by atoms with Crippen molar-refractivity contribution >= 4 is 40.5 Å². The first-order chi connectivity index (χ1) is 7.15. The molecule has 15 heavy (non-hydrogen) atoms. The summed E-state index contributed by atoms with van der Waals surface area (Å²) < 4.78 is 5.94. The maximum absolute atomic E-state index is 11.3. The molecule has 0 saturated heterocycles. The minimum atomic E-state index is -0.383. The number of hydrogen-bond donors (Lipinski definition) is 0. The summed E-state index contributed by atoms with van der Waals surface area (Å²) >= 11 is 2.22. The van der Waals surface area contributed by atoms with Crippen LogP contribution in [-0.2, 0) is 9.53 Å². The van der Waals surface area contributed by atoms with Crippen LogP contribution in [0.1, 0.15) is 12.5 Å². The molecule has 0 atom stereocenters. The first-order valence-electron chi connectivity index (χ1n) is 4.40. The Kier molecular flexibility index (Phi) is 2.86. The predicted octanol–water partition coefficient (Wildman–Crippen LogP) is 2.61. The van der Waals surface area contributed by atoms with Crippen LogP contribution in [0.2, 0.25) is 0 Å². The molecule has 0 unspecified atom stereocenters. The normalized spacial score (nSPS) is 17.9. The molecule has 1 aromatic rings. The maximum Gasteiger partial charge on any atom is 0.363 e. The fourth-order valence-corrected chi connectivity index (χ4v) is 1.84. The summed E-state index contributed by atoms with van der Waals surface area (Å²) in [7, 11) is 0. The molecule has 4 heteroatoms. The van der Waals surface area contributed by atoms with E-state index in [1.54, 1.807) is 13.0 Å². The molecule has 0 amide bonds. The molecular formula is C11H8INO2. The molecule has 0 aromatic heterocycles. The molecular weight excluding hydrogens is 305 g/mol. The number of rotatable bonds is 1. The number of esters is 1. The molecule has 1 aliphatic rings. The molecule has 0 saturated carbocycles. The third kappa shape index (κ3) is 2.44. The van der Waals surface area contributed by atoms with E-state index in [0.717, 1.165) is 9.13 Å². The molecule has 0 N–H and O–H groups in total.